The van der Waals surface area contributed by atoms with Gasteiger partial charge in [-0.2, -0.15) is 0 Å². The quantitative estimate of drug-likeness (QED) is 0.574. The number of amides is 1. The van der Waals surface area contributed by atoms with Crippen molar-refractivity contribution in [2.45, 2.75) is 12.5 Å². The molecule has 3 aliphatic rings. The number of aryl methyl sites for hydroxylation is 1. The van der Waals surface area contributed by atoms with E-state index in [9.17, 15) is 18.0 Å². The predicted octanol–water partition coefficient (Wildman–Crippen LogP) is 3.45. The summed E-state index contributed by atoms with van der Waals surface area (Å²) in [5, 5.41) is 5.37. The van der Waals surface area contributed by atoms with E-state index >= 15 is 0 Å². The molecule has 0 radical (unpaired) electrons. The topological polar surface area (TPSA) is 97.7 Å². The molecule has 188 valence electrons. The van der Waals surface area contributed by atoms with Gasteiger partial charge in [-0.25, -0.2) is 13.2 Å². The molecule has 0 spiro atoms. The lowest BCUT2D eigenvalue weighted by molar-refractivity contribution is 0.161. The van der Waals surface area contributed by atoms with Gasteiger partial charge in [0, 0.05) is 37.8 Å². The van der Waals surface area contributed by atoms with E-state index in [-0.39, 0.29) is 17.4 Å². The van der Waals surface area contributed by atoms with Crippen LogP contribution in [0, 0.1) is 0 Å². The van der Waals surface area contributed by atoms with Gasteiger partial charge in [-0.3, -0.25) is 9.69 Å². The molecule has 1 unspecified atom stereocenters. The zero-order valence-electron chi connectivity index (χ0n) is 20.4. The molecule has 3 aromatic rings. The van der Waals surface area contributed by atoms with E-state index in [0.29, 0.717) is 46.7 Å². The second-order valence-electron chi connectivity index (χ2n) is 9.65. The number of sulfone groups is 1. The number of hydrogen-bond acceptors (Lipinski definition) is 6. The molecule has 6 rings (SSSR count). The lowest BCUT2D eigenvalue weighted by Gasteiger charge is -2.30. The highest BCUT2D eigenvalue weighted by Crippen LogP contribution is 2.42. The average molecular weight is 516 g/mol. The van der Waals surface area contributed by atoms with Gasteiger partial charge < -0.3 is 14.6 Å². The number of carbonyl (C=O) groups is 1. The van der Waals surface area contributed by atoms with Crippen LogP contribution in [0.15, 0.2) is 82.9 Å². The standard InChI is InChI=1S/C28H25N3O5S/c1-30-12-10-22-20(16-37(2,34)35)13-19-15-31(23-9-11-29-26(24(19)23)25(22)27(30)32)28(33)36-21-8-7-17-5-3-4-6-18(17)14-21/h3-8,10,12-15,23,29H,9,11,16H2,1-2H3. The van der Waals surface area contributed by atoms with E-state index in [1.807, 2.05) is 36.4 Å². The smallest absolute Gasteiger partial charge is 0.410 e. The van der Waals surface area contributed by atoms with Gasteiger partial charge in [-0.05, 0) is 58.2 Å². The highest BCUT2D eigenvalue weighted by Gasteiger charge is 2.41. The maximum atomic E-state index is 13.4. The summed E-state index contributed by atoms with van der Waals surface area (Å²) in [6.45, 7) is 0.545. The first-order valence-corrected chi connectivity index (χ1v) is 14.0. The lowest BCUT2D eigenvalue weighted by Crippen LogP contribution is -2.42. The monoisotopic (exact) mass is 515 g/mol. The van der Waals surface area contributed by atoms with Gasteiger partial charge in [-0.1, -0.05) is 30.3 Å². The fraction of sp³-hybridized carbons (Fsp3) is 0.214. The first-order chi connectivity index (χ1) is 17.7. The molecule has 1 aromatic heterocycles. The van der Waals surface area contributed by atoms with E-state index in [0.717, 1.165) is 16.3 Å². The van der Waals surface area contributed by atoms with Crippen molar-refractivity contribution < 1.29 is 17.9 Å². The van der Waals surface area contributed by atoms with Crippen molar-refractivity contribution in [3.05, 3.63) is 99.6 Å². The number of fused-ring (bicyclic) bond motifs is 3. The minimum Gasteiger partial charge on any atom is -0.410 e. The van der Waals surface area contributed by atoms with Crippen molar-refractivity contribution in [2.24, 2.45) is 7.05 Å². The molecule has 0 saturated carbocycles. The van der Waals surface area contributed by atoms with E-state index in [4.69, 9.17) is 4.74 Å². The molecular formula is C28H25N3O5S. The molecule has 1 aliphatic carbocycles. The Morgan fingerprint density at radius 2 is 1.92 bits per heavy atom. The van der Waals surface area contributed by atoms with Crippen molar-refractivity contribution in [1.29, 1.82) is 0 Å². The Morgan fingerprint density at radius 1 is 1.14 bits per heavy atom. The molecule has 1 atom stereocenters. The van der Waals surface area contributed by atoms with Crippen LogP contribution in [0.25, 0.3) is 22.0 Å². The number of carbonyl (C=O) groups excluding carboxylic acids is 1. The Labute approximate surface area is 214 Å². The van der Waals surface area contributed by atoms with Gasteiger partial charge in [0.05, 0.1) is 23.1 Å². The van der Waals surface area contributed by atoms with Crippen LogP contribution in [0.5, 0.6) is 5.75 Å². The third kappa shape index (κ3) is 4.05. The lowest BCUT2D eigenvalue weighted by atomic mass is 9.92. The predicted molar refractivity (Wildman–Crippen MR) is 143 cm³/mol. The van der Waals surface area contributed by atoms with Crippen molar-refractivity contribution in [3.63, 3.8) is 0 Å². The third-order valence-electron chi connectivity index (χ3n) is 7.00. The normalized spacial score (nSPS) is 18.4. The highest BCUT2D eigenvalue weighted by molar-refractivity contribution is 7.91. The van der Waals surface area contributed by atoms with Gasteiger partial charge in [-0.15, -0.1) is 0 Å². The number of allylic oxidation sites excluding steroid dienone is 1. The van der Waals surface area contributed by atoms with E-state index < -0.39 is 15.9 Å². The van der Waals surface area contributed by atoms with Crippen LogP contribution in [-0.2, 0) is 16.9 Å². The van der Waals surface area contributed by atoms with Crippen LogP contribution in [0.3, 0.4) is 0 Å². The molecule has 9 heteroatoms. The van der Waals surface area contributed by atoms with Crippen molar-refractivity contribution in [3.8, 4) is 5.75 Å². The maximum Gasteiger partial charge on any atom is 0.419 e. The van der Waals surface area contributed by atoms with E-state index in [1.54, 1.807) is 42.6 Å². The van der Waals surface area contributed by atoms with Crippen LogP contribution in [0.1, 0.15) is 17.5 Å². The third-order valence-corrected chi connectivity index (χ3v) is 7.83. The number of aromatic nitrogens is 1. The Hall–Kier alpha value is -4.11. The van der Waals surface area contributed by atoms with Crippen molar-refractivity contribution in [2.75, 3.05) is 18.6 Å². The summed E-state index contributed by atoms with van der Waals surface area (Å²) in [6, 6.07) is 14.8. The number of nitrogens with one attached hydrogen (secondary N) is 1. The summed E-state index contributed by atoms with van der Waals surface area (Å²) in [4.78, 5) is 28.3. The summed E-state index contributed by atoms with van der Waals surface area (Å²) in [7, 11) is -1.73. The van der Waals surface area contributed by atoms with E-state index in [1.165, 1.54) is 10.8 Å². The zero-order chi connectivity index (χ0) is 25.9. The molecule has 2 aliphatic heterocycles. The number of hydrogen-bond donors (Lipinski definition) is 1. The fourth-order valence-electron chi connectivity index (χ4n) is 5.37. The minimum atomic E-state index is -3.39. The fourth-order valence-corrected chi connectivity index (χ4v) is 6.18. The summed E-state index contributed by atoms with van der Waals surface area (Å²) in [5.74, 6) is 0.210. The first-order valence-electron chi connectivity index (χ1n) is 12.0. The van der Waals surface area contributed by atoms with E-state index in [2.05, 4.69) is 5.32 Å². The van der Waals surface area contributed by atoms with Gasteiger partial charge >= 0.3 is 6.09 Å². The first kappa shape index (κ1) is 23.3. The van der Waals surface area contributed by atoms with Gasteiger partial charge in [0.25, 0.3) is 5.56 Å². The molecule has 1 N–H and O–H groups in total. The average Bonchev–Trinajstić information content (AvgIpc) is 3.17. The van der Waals surface area contributed by atoms with Crippen LogP contribution in [0.2, 0.25) is 0 Å². The largest absolute Gasteiger partial charge is 0.419 e. The molecule has 2 aromatic carbocycles. The molecule has 0 fully saturated rings. The van der Waals surface area contributed by atoms with Crippen molar-refractivity contribution in [1.82, 2.24) is 14.8 Å². The molecule has 8 nitrogen and oxygen atoms in total. The Kier molecular flexibility index (Phi) is 5.34. The molecule has 0 saturated heterocycles. The number of ether oxygens (including phenoxy) is 1. The summed E-state index contributed by atoms with van der Waals surface area (Å²) < 4.78 is 31.9. The number of pyridine rings is 1. The van der Waals surface area contributed by atoms with Crippen LogP contribution >= 0.6 is 0 Å². The Bertz CT molecular complexity index is 1750. The second kappa shape index (κ2) is 8.48. The highest BCUT2D eigenvalue weighted by atomic mass is 32.2. The Balaban J connectivity index is 1.45. The summed E-state index contributed by atoms with van der Waals surface area (Å²) >= 11 is 0. The zero-order valence-corrected chi connectivity index (χ0v) is 21.2. The SMILES string of the molecule is Cn1ccc2c(c1=O)C1=C3C(=CN(C(=O)Oc4ccc5ccccc5c4)C3CCN1)C=C2CS(C)(=O)=O. The molecule has 3 heterocycles. The van der Waals surface area contributed by atoms with Gasteiger partial charge in [0.15, 0.2) is 9.84 Å². The summed E-state index contributed by atoms with van der Waals surface area (Å²) in [5.41, 5.74) is 3.43. The Morgan fingerprint density at radius 3 is 2.70 bits per heavy atom. The minimum absolute atomic E-state index is 0.225. The molecule has 37 heavy (non-hydrogen) atoms. The second-order valence-corrected chi connectivity index (χ2v) is 11.8. The number of rotatable bonds is 3. The van der Waals surface area contributed by atoms with Gasteiger partial charge in [0.2, 0.25) is 0 Å². The van der Waals surface area contributed by atoms with Crippen molar-refractivity contribution >= 4 is 38.0 Å². The molecule has 1 amide bonds. The maximum absolute atomic E-state index is 13.4. The van der Waals surface area contributed by atoms with Crippen LogP contribution in [-0.4, -0.2) is 48.6 Å². The molecular weight excluding hydrogens is 490 g/mol. The van der Waals surface area contributed by atoms with Gasteiger partial charge in [0.1, 0.15) is 5.75 Å². The number of benzene rings is 2. The van der Waals surface area contributed by atoms with Crippen LogP contribution < -0.4 is 15.6 Å². The number of nitrogens with zero attached hydrogens (tertiary/aromatic N) is 2. The summed E-state index contributed by atoms with van der Waals surface area (Å²) in [6.07, 6.45) is 6.38. The van der Waals surface area contributed by atoms with Crippen LogP contribution in [0.4, 0.5) is 4.79 Å². The molecule has 0 bridgehead atoms.